The summed E-state index contributed by atoms with van der Waals surface area (Å²) >= 11 is 0. The van der Waals surface area contributed by atoms with Crippen LogP contribution in [0, 0.1) is 0 Å². The van der Waals surface area contributed by atoms with Crippen LogP contribution in [0.2, 0.25) is 0 Å². The molecule has 1 amide bonds. The van der Waals surface area contributed by atoms with Gasteiger partial charge in [-0.3, -0.25) is 4.79 Å². The number of amides is 1. The number of hydrogen-bond acceptors (Lipinski definition) is 4. The lowest BCUT2D eigenvalue weighted by Crippen LogP contribution is -2.38. The number of carboxylic acid groups (broad SMARTS) is 1. The number of carboxylic acids is 1. The number of carbonyl (C=O) groups excluding carboxylic acids is 1. The lowest BCUT2D eigenvalue weighted by atomic mass is 10.4. The first-order valence-corrected chi connectivity index (χ1v) is 4.48. The van der Waals surface area contributed by atoms with Gasteiger partial charge in [-0.2, -0.15) is 11.1 Å². The summed E-state index contributed by atoms with van der Waals surface area (Å²) in [4.78, 5) is 22.6. The first-order chi connectivity index (χ1) is 7.61. The molecule has 8 heteroatoms. The van der Waals surface area contributed by atoms with E-state index in [0.717, 1.165) is 11.0 Å². The normalized spacial score (nSPS) is 10.6. The highest BCUT2D eigenvalue weighted by Gasteiger charge is 2.10. The Labute approximate surface area is 90.8 Å². The van der Waals surface area contributed by atoms with Gasteiger partial charge < -0.3 is 10.0 Å². The van der Waals surface area contributed by atoms with Crippen LogP contribution in [-0.4, -0.2) is 48.1 Å². The van der Waals surface area contributed by atoms with E-state index in [1.165, 1.54) is 11.1 Å². The number of carbonyl (C=O) groups is 2. The van der Waals surface area contributed by atoms with Crippen LogP contribution in [-0.2, 0) is 9.59 Å². The molecule has 16 heavy (non-hydrogen) atoms. The van der Waals surface area contributed by atoms with Crippen molar-refractivity contribution in [2.75, 3.05) is 26.2 Å². The molecule has 0 aromatic carbocycles. The molecule has 0 radical (unpaired) electrons. The zero-order valence-electron chi connectivity index (χ0n) is 8.45. The summed E-state index contributed by atoms with van der Waals surface area (Å²) in [5.74, 6) is -1.88. The summed E-state index contributed by atoms with van der Waals surface area (Å²) in [5, 5.41) is 8.29. The maximum absolute atomic E-state index is 11.7. The summed E-state index contributed by atoms with van der Waals surface area (Å²) in [6.45, 7) is -0.195. The molecule has 0 unspecified atom stereocenters. The van der Waals surface area contributed by atoms with Crippen LogP contribution in [0.5, 0.6) is 0 Å². The molecule has 92 valence electrons. The molecule has 0 aliphatic heterocycles. The summed E-state index contributed by atoms with van der Waals surface area (Å²) in [6, 6.07) is 0. The van der Waals surface area contributed by atoms with E-state index in [1.54, 1.807) is 0 Å². The zero-order valence-corrected chi connectivity index (χ0v) is 8.45. The molecule has 0 fully saturated rings. The minimum atomic E-state index is -1.26. The Bertz CT molecular complexity index is 253. The second kappa shape index (κ2) is 8.74. The Morgan fingerprint density at radius 2 is 1.62 bits per heavy atom. The minimum absolute atomic E-state index is 0.0149. The van der Waals surface area contributed by atoms with E-state index in [9.17, 15) is 18.6 Å². The van der Waals surface area contributed by atoms with Crippen molar-refractivity contribution in [3.63, 3.8) is 0 Å². The fraction of sp³-hybridized carbons (Fsp3) is 0.500. The summed E-state index contributed by atoms with van der Waals surface area (Å²) in [6.07, 6.45) is 1.50. The topological polar surface area (TPSA) is 81.7 Å². The van der Waals surface area contributed by atoms with Crippen LogP contribution in [0.25, 0.3) is 0 Å². The van der Waals surface area contributed by atoms with Crippen molar-refractivity contribution in [1.29, 1.82) is 0 Å². The number of rotatable bonds is 8. The van der Waals surface area contributed by atoms with Crippen molar-refractivity contribution in [2.45, 2.75) is 0 Å². The molecule has 0 bridgehead atoms. The lowest BCUT2D eigenvalue weighted by Gasteiger charge is -2.19. The van der Waals surface area contributed by atoms with Crippen molar-refractivity contribution in [1.82, 2.24) is 16.0 Å². The fourth-order valence-electron chi connectivity index (χ4n) is 0.935. The lowest BCUT2D eigenvalue weighted by molar-refractivity contribution is -0.132. The van der Waals surface area contributed by atoms with E-state index in [4.69, 9.17) is 5.11 Å². The quantitative estimate of drug-likeness (QED) is 0.388. The number of nitrogens with zero attached hydrogens (tertiary/aromatic N) is 1. The van der Waals surface area contributed by atoms with Crippen molar-refractivity contribution in [3.05, 3.63) is 12.2 Å². The average molecular weight is 237 g/mol. The van der Waals surface area contributed by atoms with Crippen LogP contribution in [0.15, 0.2) is 12.2 Å². The molecule has 0 spiro atoms. The monoisotopic (exact) mass is 237 g/mol. The molecule has 0 aliphatic carbocycles. The second-order valence-corrected chi connectivity index (χ2v) is 2.76. The third kappa shape index (κ3) is 6.85. The smallest absolute Gasteiger partial charge is 0.328 e. The highest BCUT2D eigenvalue weighted by Crippen LogP contribution is 1.91. The van der Waals surface area contributed by atoms with Crippen molar-refractivity contribution in [2.24, 2.45) is 0 Å². The largest absolute Gasteiger partial charge is 0.478 e. The van der Waals surface area contributed by atoms with Crippen LogP contribution in [0.1, 0.15) is 0 Å². The molecule has 3 N–H and O–H groups in total. The SMILES string of the molecule is O=C(O)/C=C\C(=O)N(CCNF)CCNF. The number of hydrogen-bond donors (Lipinski definition) is 3. The van der Waals surface area contributed by atoms with Crippen molar-refractivity contribution >= 4 is 11.9 Å². The van der Waals surface area contributed by atoms with Gasteiger partial charge in [0.25, 0.3) is 0 Å². The molecule has 0 aromatic rings. The predicted octanol–water partition coefficient (Wildman–Crippen LogP) is -0.596. The van der Waals surface area contributed by atoms with E-state index >= 15 is 0 Å². The van der Waals surface area contributed by atoms with E-state index in [2.05, 4.69) is 0 Å². The van der Waals surface area contributed by atoms with Crippen LogP contribution in [0.3, 0.4) is 0 Å². The average Bonchev–Trinajstić information content (AvgIpc) is 2.26. The third-order valence-electron chi connectivity index (χ3n) is 1.63. The van der Waals surface area contributed by atoms with E-state index in [-0.39, 0.29) is 26.2 Å². The van der Waals surface area contributed by atoms with Gasteiger partial charge in [-0.25, -0.2) is 4.79 Å². The molecule has 0 saturated carbocycles. The van der Waals surface area contributed by atoms with Gasteiger partial charge in [0.2, 0.25) is 5.91 Å². The first kappa shape index (κ1) is 14.5. The molecule has 0 rings (SSSR count). The maximum atomic E-state index is 11.7. The van der Waals surface area contributed by atoms with E-state index in [0.29, 0.717) is 6.08 Å². The summed E-state index contributed by atoms with van der Waals surface area (Å²) in [7, 11) is 0. The molecule has 0 heterocycles. The highest BCUT2D eigenvalue weighted by atomic mass is 19.2. The number of nitrogens with one attached hydrogen (secondary N) is 2. The first-order valence-electron chi connectivity index (χ1n) is 4.48. The Hall–Kier alpha value is -1.54. The van der Waals surface area contributed by atoms with Crippen molar-refractivity contribution in [3.8, 4) is 0 Å². The Morgan fingerprint density at radius 1 is 1.12 bits per heavy atom. The van der Waals surface area contributed by atoms with Crippen LogP contribution < -0.4 is 11.1 Å². The third-order valence-corrected chi connectivity index (χ3v) is 1.63. The van der Waals surface area contributed by atoms with E-state index < -0.39 is 11.9 Å². The number of halogens is 2. The molecule has 0 aromatic heterocycles. The fourth-order valence-corrected chi connectivity index (χ4v) is 0.935. The summed E-state index contributed by atoms with van der Waals surface area (Å²) < 4.78 is 23.3. The van der Waals surface area contributed by atoms with Gasteiger partial charge in [0.05, 0.1) is 0 Å². The molecule has 0 aliphatic rings. The van der Waals surface area contributed by atoms with Gasteiger partial charge in [-0.05, 0) is 0 Å². The molecular weight excluding hydrogens is 224 g/mol. The maximum Gasteiger partial charge on any atom is 0.328 e. The van der Waals surface area contributed by atoms with E-state index in [1.807, 2.05) is 0 Å². The Morgan fingerprint density at radius 3 is 2.00 bits per heavy atom. The second-order valence-electron chi connectivity index (χ2n) is 2.76. The van der Waals surface area contributed by atoms with Gasteiger partial charge in [0.15, 0.2) is 0 Å². The Kier molecular flexibility index (Phi) is 7.90. The highest BCUT2D eigenvalue weighted by molar-refractivity contribution is 5.93. The van der Waals surface area contributed by atoms with Gasteiger partial charge in [0.1, 0.15) is 0 Å². The van der Waals surface area contributed by atoms with Crippen LogP contribution in [0.4, 0.5) is 8.96 Å². The van der Waals surface area contributed by atoms with Gasteiger partial charge >= 0.3 is 5.97 Å². The minimum Gasteiger partial charge on any atom is -0.478 e. The molecule has 0 atom stereocenters. The standard InChI is InChI=1S/C8H13F2N3O3/c9-11-3-5-13(6-4-12-10)7(14)1-2-8(15)16/h1-2,11-12H,3-6H2,(H,15,16)/b2-1-. The van der Waals surface area contributed by atoms with Crippen LogP contribution >= 0.6 is 0 Å². The number of aliphatic carboxylic acids is 1. The molecule has 0 saturated heterocycles. The molecule has 6 nitrogen and oxygen atoms in total. The Balaban J connectivity index is 4.24. The molecular formula is C8H13F2N3O3. The predicted molar refractivity (Wildman–Crippen MR) is 51.6 cm³/mol. The zero-order chi connectivity index (χ0) is 12.4. The van der Waals surface area contributed by atoms with Crippen molar-refractivity contribution < 1.29 is 23.7 Å². The van der Waals surface area contributed by atoms with Gasteiger partial charge in [0, 0.05) is 38.3 Å². The van der Waals surface area contributed by atoms with Gasteiger partial charge in [-0.1, -0.05) is 0 Å². The summed E-state index contributed by atoms with van der Waals surface area (Å²) in [5.41, 5.74) is 2.69. The van der Waals surface area contributed by atoms with Gasteiger partial charge in [-0.15, -0.1) is 8.96 Å².